The molecule has 1 atom stereocenters. The number of ether oxygens (including phenoxy) is 2. The molecule has 0 aliphatic heterocycles. The molecule has 3 rings (SSSR count). The Morgan fingerprint density at radius 3 is 2.50 bits per heavy atom. The minimum atomic E-state index is -3.24. The molecule has 3 aromatic rings. The maximum Gasteiger partial charge on any atom is 0.387 e. The Kier molecular flexibility index (Phi) is 7.36. The molecule has 0 amide bonds. The van der Waals surface area contributed by atoms with E-state index in [1.807, 2.05) is 0 Å². The smallest absolute Gasteiger partial charge is 0.387 e. The Labute approximate surface area is 191 Å². The summed E-state index contributed by atoms with van der Waals surface area (Å²) in [5.41, 5.74) is 0.867. The molecule has 2 aromatic carbocycles. The van der Waals surface area contributed by atoms with Crippen LogP contribution in [0.2, 0.25) is 10.0 Å². The molecule has 0 spiro atoms. The van der Waals surface area contributed by atoms with E-state index in [1.165, 1.54) is 13.0 Å². The molecule has 32 heavy (non-hydrogen) atoms. The van der Waals surface area contributed by atoms with Crippen LogP contribution in [0.1, 0.15) is 30.7 Å². The zero-order valence-corrected chi connectivity index (χ0v) is 18.5. The molecule has 170 valence electrons. The molecule has 0 radical (unpaired) electrons. The summed E-state index contributed by atoms with van der Waals surface area (Å²) < 4.78 is 51.8. The lowest BCUT2D eigenvalue weighted by Gasteiger charge is -2.20. The molecule has 0 fully saturated rings. The first-order chi connectivity index (χ1) is 15.1. The first kappa shape index (κ1) is 23.9. The van der Waals surface area contributed by atoms with Crippen LogP contribution in [0.3, 0.4) is 0 Å². The van der Waals surface area contributed by atoms with Gasteiger partial charge in [-0.15, -0.1) is 0 Å². The lowest BCUT2D eigenvalue weighted by atomic mass is 9.98. The number of rotatable bonds is 8. The number of fused-ring (bicyclic) bond motifs is 1. The first-order valence-corrected chi connectivity index (χ1v) is 10.3. The number of alkyl halides is 2. The second-order valence-corrected chi connectivity index (χ2v) is 7.72. The van der Waals surface area contributed by atoms with Crippen molar-refractivity contribution < 1.29 is 32.5 Å². The van der Waals surface area contributed by atoms with Crippen molar-refractivity contribution in [3.63, 3.8) is 0 Å². The van der Waals surface area contributed by atoms with Crippen molar-refractivity contribution in [2.45, 2.75) is 39.4 Å². The standard InChI is InChI=1S/C22H18Cl2F3NO4/c1-3-16-13(8-11-4-5-12(23)9-14(11)24)20(32-22(26)27)18-17(31-10(2)21(29)30)7-6-15(25)19(18)28-16/h4-7,9-10,22H,3,8H2,1-2H3,(H,29,30)/t10-/m0/s1. The molecular weight excluding hydrogens is 470 g/mol. The topological polar surface area (TPSA) is 68.7 Å². The van der Waals surface area contributed by atoms with Gasteiger partial charge in [0.1, 0.15) is 22.8 Å². The fourth-order valence-corrected chi connectivity index (χ4v) is 3.72. The number of aromatic nitrogens is 1. The van der Waals surface area contributed by atoms with Crippen LogP contribution >= 0.6 is 23.2 Å². The van der Waals surface area contributed by atoms with Gasteiger partial charge in [0, 0.05) is 27.7 Å². The van der Waals surface area contributed by atoms with Gasteiger partial charge in [0.15, 0.2) is 6.10 Å². The summed E-state index contributed by atoms with van der Waals surface area (Å²) in [6, 6.07) is 6.92. The van der Waals surface area contributed by atoms with Gasteiger partial charge >= 0.3 is 12.6 Å². The highest BCUT2D eigenvalue weighted by molar-refractivity contribution is 6.35. The van der Waals surface area contributed by atoms with Crippen molar-refractivity contribution in [2.75, 3.05) is 0 Å². The first-order valence-electron chi connectivity index (χ1n) is 9.54. The van der Waals surface area contributed by atoms with Gasteiger partial charge in [-0.2, -0.15) is 8.78 Å². The van der Waals surface area contributed by atoms with Crippen LogP contribution in [-0.2, 0) is 17.6 Å². The van der Waals surface area contributed by atoms with Gasteiger partial charge in [-0.1, -0.05) is 36.2 Å². The van der Waals surface area contributed by atoms with E-state index in [9.17, 15) is 23.1 Å². The summed E-state index contributed by atoms with van der Waals surface area (Å²) in [7, 11) is 0. The average molecular weight is 488 g/mol. The average Bonchev–Trinajstić information content (AvgIpc) is 2.72. The molecular formula is C22H18Cl2F3NO4. The lowest BCUT2D eigenvalue weighted by Crippen LogP contribution is -2.23. The van der Waals surface area contributed by atoms with Crippen molar-refractivity contribution in [3.05, 3.63) is 63.0 Å². The number of aliphatic carboxylic acids is 1. The quantitative estimate of drug-likeness (QED) is 0.404. The molecule has 0 unspecified atom stereocenters. The molecule has 10 heteroatoms. The highest BCUT2D eigenvalue weighted by Crippen LogP contribution is 2.41. The van der Waals surface area contributed by atoms with Gasteiger partial charge < -0.3 is 14.6 Å². The van der Waals surface area contributed by atoms with Crippen molar-refractivity contribution in [1.29, 1.82) is 0 Å². The maximum absolute atomic E-state index is 14.6. The van der Waals surface area contributed by atoms with E-state index >= 15 is 0 Å². The van der Waals surface area contributed by atoms with Crippen molar-refractivity contribution >= 4 is 40.1 Å². The number of carbonyl (C=O) groups is 1. The van der Waals surface area contributed by atoms with E-state index < -0.39 is 24.5 Å². The molecule has 1 heterocycles. The highest BCUT2D eigenvalue weighted by atomic mass is 35.5. The number of hydrogen-bond acceptors (Lipinski definition) is 4. The minimum absolute atomic E-state index is 0.0363. The van der Waals surface area contributed by atoms with Crippen molar-refractivity contribution in [2.24, 2.45) is 0 Å². The van der Waals surface area contributed by atoms with E-state index in [0.29, 0.717) is 21.3 Å². The monoisotopic (exact) mass is 487 g/mol. The summed E-state index contributed by atoms with van der Waals surface area (Å²) in [4.78, 5) is 15.6. The molecule has 0 aliphatic rings. The SMILES string of the molecule is CCc1nc2c(F)ccc(O[C@@H](C)C(=O)O)c2c(OC(F)F)c1Cc1ccc(Cl)cc1Cl. The minimum Gasteiger partial charge on any atom is -0.479 e. The van der Waals surface area contributed by atoms with E-state index in [1.54, 1.807) is 19.1 Å². The van der Waals surface area contributed by atoms with Crippen LogP contribution < -0.4 is 9.47 Å². The summed E-state index contributed by atoms with van der Waals surface area (Å²) in [6.07, 6.45) is -1.01. The van der Waals surface area contributed by atoms with Gasteiger partial charge in [0.2, 0.25) is 0 Å². The fourth-order valence-electron chi connectivity index (χ4n) is 3.25. The third-order valence-electron chi connectivity index (χ3n) is 4.76. The molecule has 1 aromatic heterocycles. The zero-order valence-electron chi connectivity index (χ0n) is 17.0. The summed E-state index contributed by atoms with van der Waals surface area (Å²) >= 11 is 12.2. The van der Waals surface area contributed by atoms with Crippen LogP contribution in [0.15, 0.2) is 30.3 Å². The number of nitrogens with zero attached hydrogens (tertiary/aromatic N) is 1. The largest absolute Gasteiger partial charge is 0.479 e. The van der Waals surface area contributed by atoms with E-state index in [0.717, 1.165) is 12.1 Å². The summed E-state index contributed by atoms with van der Waals surface area (Å²) in [5.74, 6) is -2.57. The van der Waals surface area contributed by atoms with Gasteiger partial charge in [0.05, 0.1) is 5.39 Å². The predicted molar refractivity (Wildman–Crippen MR) is 115 cm³/mol. The molecule has 0 bridgehead atoms. The summed E-state index contributed by atoms with van der Waals surface area (Å²) in [6.45, 7) is -0.247. The van der Waals surface area contributed by atoms with E-state index in [2.05, 4.69) is 4.98 Å². The van der Waals surface area contributed by atoms with Gasteiger partial charge in [0.25, 0.3) is 0 Å². The summed E-state index contributed by atoms with van der Waals surface area (Å²) in [5, 5.41) is 9.70. The maximum atomic E-state index is 14.6. The van der Waals surface area contributed by atoms with E-state index in [-0.39, 0.29) is 40.8 Å². The number of carboxylic acid groups (broad SMARTS) is 1. The van der Waals surface area contributed by atoms with Gasteiger partial charge in [-0.05, 0) is 43.2 Å². The predicted octanol–water partition coefficient (Wildman–Crippen LogP) is 6.29. The van der Waals surface area contributed by atoms with Crippen molar-refractivity contribution in [1.82, 2.24) is 4.98 Å². The number of halogens is 5. The Morgan fingerprint density at radius 1 is 1.19 bits per heavy atom. The fraction of sp³-hybridized carbons (Fsp3) is 0.273. The van der Waals surface area contributed by atoms with Crippen molar-refractivity contribution in [3.8, 4) is 11.5 Å². The molecule has 0 saturated heterocycles. The number of pyridine rings is 1. The Balaban J connectivity index is 2.32. The second kappa shape index (κ2) is 9.83. The molecule has 1 N–H and O–H groups in total. The Bertz CT molecular complexity index is 1170. The van der Waals surface area contributed by atoms with Crippen LogP contribution in [-0.4, -0.2) is 28.8 Å². The van der Waals surface area contributed by atoms with Gasteiger partial charge in [-0.25, -0.2) is 14.2 Å². The van der Waals surface area contributed by atoms with Crippen LogP contribution in [0.5, 0.6) is 11.5 Å². The highest BCUT2D eigenvalue weighted by Gasteiger charge is 2.26. The Morgan fingerprint density at radius 2 is 1.91 bits per heavy atom. The molecule has 5 nitrogen and oxygen atoms in total. The third-order valence-corrected chi connectivity index (χ3v) is 5.35. The number of hydrogen-bond donors (Lipinski definition) is 1. The molecule has 0 saturated carbocycles. The third kappa shape index (κ3) is 5.02. The van der Waals surface area contributed by atoms with Gasteiger partial charge in [-0.3, -0.25) is 0 Å². The van der Waals surface area contributed by atoms with Crippen LogP contribution in [0, 0.1) is 5.82 Å². The number of carboxylic acids is 1. The zero-order chi connectivity index (χ0) is 23.6. The van der Waals surface area contributed by atoms with Crippen LogP contribution in [0.25, 0.3) is 10.9 Å². The van der Waals surface area contributed by atoms with E-state index in [4.69, 9.17) is 32.7 Å². The number of aryl methyl sites for hydroxylation is 1. The lowest BCUT2D eigenvalue weighted by molar-refractivity contribution is -0.144. The number of benzene rings is 2. The van der Waals surface area contributed by atoms with Crippen LogP contribution in [0.4, 0.5) is 13.2 Å². The Hall–Kier alpha value is -2.71. The second-order valence-electron chi connectivity index (χ2n) is 6.88. The normalized spacial score (nSPS) is 12.2. The molecule has 0 aliphatic carbocycles.